The standard InChI is InChI=1S/C25H31N3.2ClH.H2O/c1-18(2)26-20-12-14-27-15-13-22-21-10-6-7-11-23(21)28(25(22)24(27)16-20)17-19-8-4-3-5-9-19;;;/h3-11,18,20,24,26H,12-17H2,1-2H3;2*1H;1H2. The molecule has 3 aromatic rings. The predicted molar refractivity (Wildman–Crippen MR) is 135 cm³/mol. The van der Waals surface area contributed by atoms with Crippen molar-refractivity contribution in [3.05, 3.63) is 71.4 Å². The molecule has 0 spiro atoms. The fraction of sp³-hybridized carbons (Fsp3) is 0.440. The lowest BCUT2D eigenvalue weighted by Gasteiger charge is -2.44. The maximum Gasteiger partial charge on any atom is 0.0518 e. The molecule has 3 N–H and O–H groups in total. The number of hydrogen-bond donors (Lipinski definition) is 1. The minimum Gasteiger partial charge on any atom is -0.412 e. The minimum atomic E-state index is 0. The molecule has 1 aromatic heterocycles. The van der Waals surface area contributed by atoms with Crippen LogP contribution in [0.1, 0.15) is 49.6 Å². The van der Waals surface area contributed by atoms with Crippen molar-refractivity contribution >= 4 is 35.7 Å². The first-order valence-corrected chi connectivity index (χ1v) is 10.8. The van der Waals surface area contributed by atoms with Crippen LogP contribution in [0.5, 0.6) is 0 Å². The van der Waals surface area contributed by atoms with Gasteiger partial charge in [0.1, 0.15) is 0 Å². The molecule has 0 bridgehead atoms. The van der Waals surface area contributed by atoms with E-state index in [0.29, 0.717) is 18.1 Å². The Kier molecular flexibility index (Phi) is 8.99. The third-order valence-electron chi connectivity index (χ3n) is 6.55. The Labute approximate surface area is 198 Å². The average Bonchev–Trinajstić information content (AvgIpc) is 3.03. The summed E-state index contributed by atoms with van der Waals surface area (Å²) in [6.45, 7) is 7.91. The predicted octanol–water partition coefficient (Wildman–Crippen LogP) is 4.77. The molecule has 1 fully saturated rings. The Hall–Kier alpha value is -1.56. The topological polar surface area (TPSA) is 51.7 Å². The number of halogens is 2. The monoisotopic (exact) mass is 463 g/mol. The Morgan fingerprint density at radius 1 is 0.968 bits per heavy atom. The van der Waals surface area contributed by atoms with Crippen LogP contribution in [-0.4, -0.2) is 40.1 Å². The third-order valence-corrected chi connectivity index (χ3v) is 6.55. The largest absolute Gasteiger partial charge is 0.412 e. The lowest BCUT2D eigenvalue weighted by Crippen LogP contribution is -2.48. The van der Waals surface area contributed by atoms with Crippen LogP contribution >= 0.6 is 24.8 Å². The molecule has 3 heterocycles. The maximum absolute atomic E-state index is 3.81. The molecule has 2 aliphatic heterocycles. The van der Waals surface area contributed by atoms with Gasteiger partial charge in [0, 0.05) is 48.3 Å². The van der Waals surface area contributed by atoms with Crippen LogP contribution in [0.15, 0.2) is 54.6 Å². The highest BCUT2D eigenvalue weighted by atomic mass is 35.5. The fourth-order valence-corrected chi connectivity index (χ4v) is 5.42. The molecule has 4 nitrogen and oxygen atoms in total. The summed E-state index contributed by atoms with van der Waals surface area (Å²) in [5.41, 5.74) is 5.96. The van der Waals surface area contributed by atoms with Gasteiger partial charge in [-0.25, -0.2) is 0 Å². The van der Waals surface area contributed by atoms with Gasteiger partial charge >= 0.3 is 0 Å². The molecule has 0 radical (unpaired) electrons. The molecule has 2 aromatic carbocycles. The average molecular weight is 464 g/mol. The van der Waals surface area contributed by atoms with Crippen LogP contribution < -0.4 is 5.32 Å². The summed E-state index contributed by atoms with van der Waals surface area (Å²) in [4.78, 5) is 2.74. The molecule has 2 aliphatic rings. The highest BCUT2D eigenvalue weighted by Crippen LogP contribution is 2.41. The van der Waals surface area contributed by atoms with Gasteiger partial charge in [-0.05, 0) is 36.5 Å². The van der Waals surface area contributed by atoms with Gasteiger partial charge in [-0.1, -0.05) is 62.4 Å². The zero-order valence-corrected chi connectivity index (χ0v) is 20.0. The lowest BCUT2D eigenvalue weighted by molar-refractivity contribution is 0.108. The summed E-state index contributed by atoms with van der Waals surface area (Å²) in [5, 5.41) is 5.28. The number of hydrogen-bond acceptors (Lipinski definition) is 2. The Morgan fingerprint density at radius 2 is 1.68 bits per heavy atom. The second-order valence-corrected chi connectivity index (χ2v) is 8.80. The van der Waals surface area contributed by atoms with Crippen LogP contribution in [0, 0.1) is 0 Å². The summed E-state index contributed by atoms with van der Waals surface area (Å²) in [6.07, 6.45) is 3.66. The molecule has 31 heavy (non-hydrogen) atoms. The van der Waals surface area contributed by atoms with Gasteiger partial charge in [-0.2, -0.15) is 0 Å². The first-order valence-electron chi connectivity index (χ1n) is 10.8. The van der Waals surface area contributed by atoms with E-state index in [1.54, 1.807) is 11.3 Å². The highest BCUT2D eigenvalue weighted by Gasteiger charge is 2.37. The number of benzene rings is 2. The first-order chi connectivity index (χ1) is 13.7. The summed E-state index contributed by atoms with van der Waals surface area (Å²) in [7, 11) is 0. The van der Waals surface area contributed by atoms with Crippen molar-refractivity contribution < 1.29 is 5.48 Å². The number of rotatable bonds is 4. The SMILES string of the molecule is CC(C)NC1CCN2CCc3c(n(Cc4ccccc4)c4ccccc34)C2C1.Cl.Cl.O. The van der Waals surface area contributed by atoms with Crippen LogP contribution in [-0.2, 0) is 13.0 Å². The third kappa shape index (κ3) is 4.94. The number of aromatic nitrogens is 1. The number of nitrogens with zero attached hydrogens (tertiary/aromatic N) is 2. The van der Waals surface area contributed by atoms with E-state index in [1.165, 1.54) is 48.8 Å². The molecule has 5 rings (SSSR count). The smallest absolute Gasteiger partial charge is 0.0518 e. The van der Waals surface area contributed by atoms with E-state index in [0.717, 1.165) is 6.54 Å². The molecular weight excluding hydrogens is 429 g/mol. The van der Waals surface area contributed by atoms with Crippen LogP contribution in [0.25, 0.3) is 10.9 Å². The number of fused-ring (bicyclic) bond motifs is 5. The van der Waals surface area contributed by atoms with E-state index in [1.807, 2.05) is 0 Å². The van der Waals surface area contributed by atoms with Gasteiger partial charge in [0.25, 0.3) is 0 Å². The second-order valence-electron chi connectivity index (χ2n) is 8.80. The van der Waals surface area contributed by atoms with Gasteiger partial charge in [0.2, 0.25) is 0 Å². The van der Waals surface area contributed by atoms with E-state index in [-0.39, 0.29) is 30.3 Å². The molecule has 2 unspecified atom stereocenters. The fourth-order valence-electron chi connectivity index (χ4n) is 5.42. The highest BCUT2D eigenvalue weighted by molar-refractivity contribution is 5.86. The summed E-state index contributed by atoms with van der Waals surface area (Å²) in [6, 6.07) is 21.7. The van der Waals surface area contributed by atoms with Gasteiger partial charge in [-0.3, -0.25) is 4.90 Å². The zero-order valence-electron chi connectivity index (χ0n) is 18.4. The number of nitrogens with one attached hydrogen (secondary N) is 1. The van der Waals surface area contributed by atoms with Crippen molar-refractivity contribution in [2.75, 3.05) is 13.1 Å². The van der Waals surface area contributed by atoms with Crippen LogP contribution in [0.3, 0.4) is 0 Å². The van der Waals surface area contributed by atoms with E-state index in [9.17, 15) is 0 Å². The van der Waals surface area contributed by atoms with Gasteiger partial charge < -0.3 is 15.4 Å². The van der Waals surface area contributed by atoms with E-state index < -0.39 is 0 Å². The van der Waals surface area contributed by atoms with Crippen molar-refractivity contribution in [1.29, 1.82) is 0 Å². The lowest BCUT2D eigenvalue weighted by atomic mass is 9.88. The number of piperidine rings is 1. The van der Waals surface area contributed by atoms with Crippen molar-refractivity contribution in [3.8, 4) is 0 Å². The van der Waals surface area contributed by atoms with E-state index >= 15 is 0 Å². The van der Waals surface area contributed by atoms with E-state index in [4.69, 9.17) is 0 Å². The van der Waals surface area contributed by atoms with Crippen molar-refractivity contribution in [2.45, 2.75) is 57.8 Å². The Morgan fingerprint density at radius 3 is 2.42 bits per heavy atom. The molecular formula is C25H35Cl2N3O. The van der Waals surface area contributed by atoms with Crippen LogP contribution in [0.4, 0.5) is 0 Å². The molecule has 6 heteroatoms. The zero-order chi connectivity index (χ0) is 19.1. The van der Waals surface area contributed by atoms with Crippen molar-refractivity contribution in [3.63, 3.8) is 0 Å². The number of para-hydroxylation sites is 1. The van der Waals surface area contributed by atoms with Crippen molar-refractivity contribution in [1.82, 2.24) is 14.8 Å². The molecule has 2 atom stereocenters. The summed E-state index contributed by atoms with van der Waals surface area (Å²) >= 11 is 0. The molecule has 0 saturated carbocycles. The maximum atomic E-state index is 3.81. The summed E-state index contributed by atoms with van der Waals surface area (Å²) in [5.74, 6) is 0. The van der Waals surface area contributed by atoms with Gasteiger partial charge in [0.05, 0.1) is 6.04 Å². The first kappa shape index (κ1) is 25.7. The van der Waals surface area contributed by atoms with Gasteiger partial charge in [-0.15, -0.1) is 24.8 Å². The Balaban J connectivity index is 0.00000114. The molecule has 170 valence electrons. The normalized spacial score (nSPS) is 20.2. The molecule has 0 aliphatic carbocycles. The second kappa shape index (κ2) is 10.8. The summed E-state index contributed by atoms with van der Waals surface area (Å²) < 4.78 is 2.62. The Bertz CT molecular complexity index is 974. The van der Waals surface area contributed by atoms with E-state index in [2.05, 4.69) is 83.2 Å². The molecule has 1 saturated heterocycles. The van der Waals surface area contributed by atoms with Crippen LogP contribution in [0.2, 0.25) is 0 Å². The molecule has 0 amide bonds. The minimum absolute atomic E-state index is 0. The van der Waals surface area contributed by atoms with Crippen molar-refractivity contribution in [2.24, 2.45) is 0 Å². The quantitative estimate of drug-likeness (QED) is 0.605. The van der Waals surface area contributed by atoms with Gasteiger partial charge in [0.15, 0.2) is 0 Å².